The summed E-state index contributed by atoms with van der Waals surface area (Å²) in [7, 11) is 0. The van der Waals surface area contributed by atoms with Crippen LogP contribution < -0.4 is 4.74 Å². The van der Waals surface area contributed by atoms with Crippen molar-refractivity contribution in [2.45, 2.75) is 39.3 Å². The van der Waals surface area contributed by atoms with Gasteiger partial charge >= 0.3 is 0 Å². The number of halogens is 2. The zero-order valence-electron chi connectivity index (χ0n) is 18.8. The van der Waals surface area contributed by atoms with Gasteiger partial charge in [0.25, 0.3) is 11.7 Å². The molecular formula is C25H27ClFNO5. The van der Waals surface area contributed by atoms with E-state index >= 15 is 0 Å². The predicted octanol–water partition coefficient (Wildman–Crippen LogP) is 5.11. The van der Waals surface area contributed by atoms with E-state index in [1.54, 1.807) is 12.1 Å². The third kappa shape index (κ3) is 5.54. The minimum atomic E-state index is -0.892. The van der Waals surface area contributed by atoms with Crippen molar-refractivity contribution in [2.75, 3.05) is 19.8 Å². The summed E-state index contributed by atoms with van der Waals surface area (Å²) < 4.78 is 24.6. The Morgan fingerprint density at radius 2 is 1.88 bits per heavy atom. The lowest BCUT2D eigenvalue weighted by Crippen LogP contribution is -2.31. The van der Waals surface area contributed by atoms with Gasteiger partial charge in [-0.3, -0.25) is 9.59 Å². The zero-order chi connectivity index (χ0) is 24.1. The van der Waals surface area contributed by atoms with Gasteiger partial charge in [-0.1, -0.05) is 23.7 Å². The lowest BCUT2D eigenvalue weighted by atomic mass is 9.95. The molecule has 1 aliphatic heterocycles. The monoisotopic (exact) mass is 475 g/mol. The summed E-state index contributed by atoms with van der Waals surface area (Å²) in [5.41, 5.74) is 0.571. The van der Waals surface area contributed by atoms with Gasteiger partial charge in [0.05, 0.1) is 29.3 Å². The summed E-state index contributed by atoms with van der Waals surface area (Å²) in [6, 6.07) is 9.31. The molecule has 1 fully saturated rings. The second-order valence-electron chi connectivity index (χ2n) is 7.89. The van der Waals surface area contributed by atoms with Gasteiger partial charge in [-0.15, -0.1) is 0 Å². The third-order valence-corrected chi connectivity index (χ3v) is 5.55. The van der Waals surface area contributed by atoms with Gasteiger partial charge < -0.3 is 19.5 Å². The van der Waals surface area contributed by atoms with Crippen LogP contribution >= 0.6 is 11.6 Å². The molecular weight excluding hydrogens is 449 g/mol. The van der Waals surface area contributed by atoms with Crippen LogP contribution in [0.25, 0.3) is 5.76 Å². The highest BCUT2D eigenvalue weighted by Gasteiger charge is 2.46. The van der Waals surface area contributed by atoms with Crippen LogP contribution in [0.2, 0.25) is 5.02 Å². The van der Waals surface area contributed by atoms with E-state index in [9.17, 15) is 19.1 Å². The van der Waals surface area contributed by atoms with Crippen LogP contribution in [0.1, 0.15) is 44.4 Å². The van der Waals surface area contributed by atoms with Crippen molar-refractivity contribution in [3.63, 3.8) is 0 Å². The Hall–Kier alpha value is -2.90. The minimum absolute atomic E-state index is 0.0352. The summed E-state index contributed by atoms with van der Waals surface area (Å²) in [5.74, 6) is -1.97. The molecule has 1 aliphatic rings. The average molecular weight is 476 g/mol. The van der Waals surface area contributed by atoms with E-state index in [-0.39, 0.29) is 28.8 Å². The number of aliphatic hydroxyl groups excluding tert-OH is 1. The molecule has 6 nitrogen and oxygen atoms in total. The molecule has 1 atom stereocenters. The quantitative estimate of drug-likeness (QED) is 0.236. The summed E-state index contributed by atoms with van der Waals surface area (Å²) in [5, 5.41) is 11.4. The van der Waals surface area contributed by atoms with E-state index in [0.29, 0.717) is 30.9 Å². The van der Waals surface area contributed by atoms with E-state index in [4.69, 9.17) is 21.1 Å². The standard InChI is InChI=1S/C25H27ClFNO5/c1-4-32-18-10-11-20(26)19(14-18)23(29)21-22(16-6-8-17(27)9-7-16)28(25(31)24(21)30)12-5-13-33-15(2)3/h6-11,14-15,22,29H,4-5,12-13H2,1-3H3/b23-21+. The molecule has 0 radical (unpaired) electrons. The lowest BCUT2D eigenvalue weighted by molar-refractivity contribution is -0.140. The summed E-state index contributed by atoms with van der Waals surface area (Å²) in [6.45, 7) is 6.66. The number of ether oxygens (including phenoxy) is 2. The number of carbonyl (C=O) groups is 2. The molecule has 1 unspecified atom stereocenters. The number of benzene rings is 2. The first kappa shape index (κ1) is 24.7. The van der Waals surface area contributed by atoms with Gasteiger partial charge in [0, 0.05) is 18.7 Å². The van der Waals surface area contributed by atoms with E-state index in [0.717, 1.165) is 0 Å². The average Bonchev–Trinajstić information content (AvgIpc) is 3.03. The molecule has 2 aromatic rings. The molecule has 0 aliphatic carbocycles. The molecule has 0 spiro atoms. The van der Waals surface area contributed by atoms with Crippen LogP contribution in [0, 0.1) is 5.82 Å². The number of ketones is 1. The van der Waals surface area contributed by atoms with Gasteiger partial charge in [0.1, 0.15) is 17.3 Å². The summed E-state index contributed by atoms with van der Waals surface area (Å²) in [6.07, 6.45) is 0.525. The largest absolute Gasteiger partial charge is 0.507 e. The Bertz CT molecular complexity index is 1050. The number of amides is 1. The molecule has 33 heavy (non-hydrogen) atoms. The fraction of sp³-hybridized carbons (Fsp3) is 0.360. The molecule has 0 aromatic heterocycles. The van der Waals surface area contributed by atoms with Crippen molar-refractivity contribution in [3.05, 3.63) is 70.0 Å². The molecule has 1 saturated heterocycles. The topological polar surface area (TPSA) is 76.1 Å². The normalized spacial score (nSPS) is 17.8. The first-order valence-corrected chi connectivity index (χ1v) is 11.2. The molecule has 2 aromatic carbocycles. The summed E-state index contributed by atoms with van der Waals surface area (Å²) in [4.78, 5) is 27.4. The number of likely N-dealkylation sites (tertiary alicyclic amines) is 1. The van der Waals surface area contributed by atoms with Crippen molar-refractivity contribution >= 4 is 29.1 Å². The van der Waals surface area contributed by atoms with E-state index in [2.05, 4.69) is 0 Å². The Labute approximate surface area is 197 Å². The number of Topliss-reactive ketones (excluding diaryl/α,β-unsaturated/α-hetero) is 1. The second-order valence-corrected chi connectivity index (χ2v) is 8.30. The number of hydrogen-bond donors (Lipinski definition) is 1. The van der Waals surface area contributed by atoms with Gasteiger partial charge in [-0.25, -0.2) is 4.39 Å². The molecule has 1 heterocycles. The number of rotatable bonds is 9. The van der Waals surface area contributed by atoms with Crippen LogP contribution in [0.3, 0.4) is 0 Å². The van der Waals surface area contributed by atoms with Crippen LogP contribution in [0.4, 0.5) is 4.39 Å². The second kappa shape index (κ2) is 10.8. The van der Waals surface area contributed by atoms with Crippen LogP contribution in [0.5, 0.6) is 5.75 Å². The molecule has 1 amide bonds. The Morgan fingerprint density at radius 3 is 2.52 bits per heavy atom. The van der Waals surface area contributed by atoms with E-state index in [1.165, 1.54) is 35.2 Å². The van der Waals surface area contributed by atoms with Crippen molar-refractivity contribution in [3.8, 4) is 5.75 Å². The van der Waals surface area contributed by atoms with E-state index < -0.39 is 29.3 Å². The molecule has 0 bridgehead atoms. The number of hydrogen-bond acceptors (Lipinski definition) is 5. The van der Waals surface area contributed by atoms with Crippen molar-refractivity contribution in [2.24, 2.45) is 0 Å². The Kier molecular flexibility index (Phi) is 8.10. The third-order valence-electron chi connectivity index (χ3n) is 5.22. The molecule has 176 valence electrons. The first-order valence-electron chi connectivity index (χ1n) is 10.8. The maximum atomic E-state index is 13.6. The van der Waals surface area contributed by atoms with Crippen LogP contribution in [-0.2, 0) is 14.3 Å². The fourth-order valence-electron chi connectivity index (χ4n) is 3.74. The maximum Gasteiger partial charge on any atom is 0.295 e. The highest BCUT2D eigenvalue weighted by molar-refractivity contribution is 6.47. The zero-order valence-corrected chi connectivity index (χ0v) is 19.6. The lowest BCUT2D eigenvalue weighted by Gasteiger charge is -2.25. The molecule has 0 saturated carbocycles. The summed E-state index contributed by atoms with van der Waals surface area (Å²) >= 11 is 6.31. The molecule has 8 heteroatoms. The van der Waals surface area contributed by atoms with Crippen molar-refractivity contribution < 1.29 is 28.6 Å². The number of nitrogens with zero attached hydrogens (tertiary/aromatic N) is 1. The predicted molar refractivity (Wildman–Crippen MR) is 124 cm³/mol. The van der Waals surface area contributed by atoms with Crippen LogP contribution in [-0.4, -0.2) is 47.6 Å². The highest BCUT2D eigenvalue weighted by atomic mass is 35.5. The van der Waals surface area contributed by atoms with Crippen molar-refractivity contribution in [1.29, 1.82) is 0 Å². The molecule has 1 N–H and O–H groups in total. The SMILES string of the molecule is CCOc1ccc(Cl)c(/C(O)=C2\C(=O)C(=O)N(CCCOC(C)C)C2c2ccc(F)cc2)c1. The van der Waals surface area contributed by atoms with Gasteiger partial charge in [0.15, 0.2) is 0 Å². The van der Waals surface area contributed by atoms with Gasteiger partial charge in [-0.05, 0) is 63.1 Å². The van der Waals surface area contributed by atoms with E-state index in [1.807, 2.05) is 20.8 Å². The first-order chi connectivity index (χ1) is 15.7. The smallest absolute Gasteiger partial charge is 0.295 e. The molecule has 3 rings (SSSR count). The number of aliphatic hydroxyl groups is 1. The van der Waals surface area contributed by atoms with Gasteiger partial charge in [-0.2, -0.15) is 0 Å². The van der Waals surface area contributed by atoms with Crippen LogP contribution in [0.15, 0.2) is 48.0 Å². The maximum absolute atomic E-state index is 13.6. The Balaban J connectivity index is 2.07. The highest BCUT2D eigenvalue weighted by Crippen LogP contribution is 2.41. The minimum Gasteiger partial charge on any atom is -0.507 e. The number of carbonyl (C=O) groups excluding carboxylic acids is 2. The Morgan fingerprint density at radius 1 is 1.18 bits per heavy atom. The van der Waals surface area contributed by atoms with Gasteiger partial charge in [0.2, 0.25) is 0 Å². The van der Waals surface area contributed by atoms with Crippen molar-refractivity contribution in [1.82, 2.24) is 4.90 Å². The fourth-order valence-corrected chi connectivity index (χ4v) is 3.95.